The Morgan fingerprint density at radius 3 is 1.60 bits per heavy atom. The Balaban J connectivity index is 4.18. The molecule has 0 aromatic heterocycles. The maximum absolute atomic E-state index is 12.7. The first-order chi connectivity index (χ1) is 23.0. The maximum atomic E-state index is 12.7. The van der Waals surface area contributed by atoms with E-state index in [0.29, 0.717) is 12.8 Å². The molecule has 0 aromatic carbocycles. The number of unbranched alkanes of at least 4 members (excludes halogenated alkanes) is 18. The quantitative estimate of drug-likeness (QED) is 0.0401. The summed E-state index contributed by atoms with van der Waals surface area (Å²) in [4.78, 5) is 34.9. The Hall–Kier alpha value is -2.37. The van der Waals surface area contributed by atoms with Crippen molar-refractivity contribution in [2.75, 3.05) is 6.54 Å². The number of ether oxygens (including phenoxy) is 1. The molecular formula is C41H73NO5. The van der Waals surface area contributed by atoms with Gasteiger partial charge in [-0.05, 0) is 70.6 Å². The molecule has 2 N–H and O–H groups in total. The van der Waals surface area contributed by atoms with Gasteiger partial charge in [-0.2, -0.15) is 0 Å². The first-order valence-electron chi connectivity index (χ1n) is 19.6. The van der Waals surface area contributed by atoms with Crippen LogP contribution < -0.4 is 5.32 Å². The fourth-order valence-electron chi connectivity index (χ4n) is 5.71. The van der Waals surface area contributed by atoms with Crippen LogP contribution in [0.1, 0.15) is 194 Å². The predicted octanol–water partition coefficient (Wildman–Crippen LogP) is 11.7. The molecule has 0 aromatic rings. The zero-order valence-electron chi connectivity index (χ0n) is 30.6. The number of carboxylic acids is 1. The third kappa shape index (κ3) is 36.3. The molecule has 0 saturated carbocycles. The zero-order valence-corrected chi connectivity index (χ0v) is 30.6. The number of carbonyl (C=O) groups is 3. The Labute approximate surface area is 289 Å². The van der Waals surface area contributed by atoms with Crippen molar-refractivity contribution in [3.05, 3.63) is 36.5 Å². The number of aliphatic carboxylic acids is 1. The minimum atomic E-state index is -1.02. The second-order valence-electron chi connectivity index (χ2n) is 13.2. The molecule has 1 amide bonds. The molecule has 6 heteroatoms. The van der Waals surface area contributed by atoms with Crippen LogP contribution in [-0.2, 0) is 19.1 Å². The van der Waals surface area contributed by atoms with Gasteiger partial charge in [0.05, 0.1) is 0 Å². The lowest BCUT2D eigenvalue weighted by Gasteiger charge is -2.18. The highest BCUT2D eigenvalue weighted by atomic mass is 16.5. The first kappa shape index (κ1) is 44.6. The first-order valence-corrected chi connectivity index (χ1v) is 19.6. The molecule has 0 radical (unpaired) electrons. The summed E-state index contributed by atoms with van der Waals surface area (Å²) in [7, 11) is 0. The van der Waals surface area contributed by atoms with E-state index in [2.05, 4.69) is 55.6 Å². The highest BCUT2D eigenvalue weighted by Crippen LogP contribution is 2.19. The molecule has 6 nitrogen and oxygen atoms in total. The molecule has 1 atom stereocenters. The van der Waals surface area contributed by atoms with E-state index in [4.69, 9.17) is 9.84 Å². The van der Waals surface area contributed by atoms with Crippen molar-refractivity contribution in [1.82, 2.24) is 5.32 Å². The summed E-state index contributed by atoms with van der Waals surface area (Å²) in [5.41, 5.74) is 0. The second kappa shape index (κ2) is 36.5. The van der Waals surface area contributed by atoms with Crippen molar-refractivity contribution in [2.24, 2.45) is 0 Å². The number of esters is 1. The van der Waals surface area contributed by atoms with Gasteiger partial charge in [0.25, 0.3) is 0 Å². The number of rotatable bonds is 35. The van der Waals surface area contributed by atoms with Crippen molar-refractivity contribution in [2.45, 2.75) is 200 Å². The van der Waals surface area contributed by atoms with Gasteiger partial charge in [-0.1, -0.05) is 147 Å². The molecule has 0 saturated heterocycles. The Morgan fingerprint density at radius 1 is 0.574 bits per heavy atom. The molecule has 47 heavy (non-hydrogen) atoms. The van der Waals surface area contributed by atoms with E-state index < -0.39 is 5.97 Å². The summed E-state index contributed by atoms with van der Waals surface area (Å²) in [6.45, 7) is 4.11. The smallest absolute Gasteiger partial charge is 0.322 e. The minimum absolute atomic E-state index is 0.0211. The summed E-state index contributed by atoms with van der Waals surface area (Å²) in [6.07, 6.45) is 44.0. The van der Waals surface area contributed by atoms with Crippen LogP contribution in [0.15, 0.2) is 36.5 Å². The Morgan fingerprint density at radius 2 is 1.04 bits per heavy atom. The van der Waals surface area contributed by atoms with E-state index in [0.717, 1.165) is 89.9 Å². The highest BCUT2D eigenvalue weighted by Gasteiger charge is 2.14. The van der Waals surface area contributed by atoms with Crippen LogP contribution in [0.5, 0.6) is 0 Å². The molecule has 0 aliphatic rings. The van der Waals surface area contributed by atoms with Gasteiger partial charge in [-0.15, -0.1) is 0 Å². The van der Waals surface area contributed by atoms with E-state index >= 15 is 0 Å². The van der Waals surface area contributed by atoms with Crippen LogP contribution in [0.2, 0.25) is 0 Å². The number of nitrogens with one attached hydrogen (secondary N) is 1. The van der Waals surface area contributed by atoms with E-state index in [9.17, 15) is 14.4 Å². The standard InChI is InChI=1S/C41H73NO5/c1-3-5-7-9-11-13-15-16-17-18-19-21-23-28-32-36-41(46)47-38(33-29-25-22-20-14-12-10-8-6-4-2)34-30-26-24-27-31-35-39(43)42-37-40(44)45/h5,7,11,13,16-17,38H,3-4,6,8-10,12,14-15,18-37H2,1-2H3,(H,42,43)(H,44,45)/b7-5-,13-11-,17-16-. The third-order valence-corrected chi connectivity index (χ3v) is 8.58. The summed E-state index contributed by atoms with van der Waals surface area (Å²) in [5.74, 6) is -1.25. The van der Waals surface area contributed by atoms with Gasteiger partial charge in [0.15, 0.2) is 0 Å². The molecule has 0 heterocycles. The van der Waals surface area contributed by atoms with Crippen LogP contribution in [-0.4, -0.2) is 35.6 Å². The number of carbonyl (C=O) groups excluding carboxylic acids is 2. The highest BCUT2D eigenvalue weighted by molar-refractivity contribution is 5.80. The molecule has 0 fully saturated rings. The van der Waals surface area contributed by atoms with Gasteiger partial charge < -0.3 is 15.2 Å². The normalized spacial score (nSPS) is 12.4. The zero-order chi connectivity index (χ0) is 34.5. The van der Waals surface area contributed by atoms with Crippen LogP contribution >= 0.6 is 0 Å². The van der Waals surface area contributed by atoms with Crippen molar-refractivity contribution in [3.8, 4) is 0 Å². The number of hydrogen-bond acceptors (Lipinski definition) is 4. The molecule has 0 aliphatic heterocycles. The maximum Gasteiger partial charge on any atom is 0.322 e. The molecule has 0 bridgehead atoms. The van der Waals surface area contributed by atoms with E-state index in [1.54, 1.807) is 0 Å². The van der Waals surface area contributed by atoms with Gasteiger partial charge in [-0.25, -0.2) is 0 Å². The molecule has 0 aliphatic carbocycles. The lowest BCUT2D eigenvalue weighted by molar-refractivity contribution is -0.150. The summed E-state index contributed by atoms with van der Waals surface area (Å²) >= 11 is 0. The molecule has 0 spiro atoms. The number of hydrogen-bond donors (Lipinski definition) is 2. The van der Waals surface area contributed by atoms with Crippen molar-refractivity contribution in [3.63, 3.8) is 0 Å². The van der Waals surface area contributed by atoms with Crippen LogP contribution in [0, 0.1) is 0 Å². The average molecular weight is 660 g/mol. The number of carboxylic acid groups (broad SMARTS) is 1. The predicted molar refractivity (Wildman–Crippen MR) is 199 cm³/mol. The monoisotopic (exact) mass is 660 g/mol. The van der Waals surface area contributed by atoms with Crippen molar-refractivity contribution < 1.29 is 24.2 Å². The van der Waals surface area contributed by atoms with Crippen LogP contribution in [0.4, 0.5) is 0 Å². The summed E-state index contributed by atoms with van der Waals surface area (Å²) in [6, 6.07) is 0. The van der Waals surface area contributed by atoms with Gasteiger partial charge in [-0.3, -0.25) is 14.4 Å². The minimum Gasteiger partial charge on any atom is -0.480 e. The van der Waals surface area contributed by atoms with E-state index in [1.807, 2.05) is 0 Å². The Bertz CT molecular complexity index is 819. The largest absolute Gasteiger partial charge is 0.480 e. The fourth-order valence-corrected chi connectivity index (χ4v) is 5.71. The van der Waals surface area contributed by atoms with Gasteiger partial charge in [0, 0.05) is 12.8 Å². The number of allylic oxidation sites excluding steroid dienone is 6. The van der Waals surface area contributed by atoms with Crippen LogP contribution in [0.25, 0.3) is 0 Å². The van der Waals surface area contributed by atoms with Gasteiger partial charge >= 0.3 is 11.9 Å². The van der Waals surface area contributed by atoms with Gasteiger partial charge in [0.1, 0.15) is 12.6 Å². The van der Waals surface area contributed by atoms with Crippen molar-refractivity contribution in [1.29, 1.82) is 0 Å². The average Bonchev–Trinajstić information content (AvgIpc) is 3.05. The summed E-state index contributed by atoms with van der Waals surface area (Å²) < 4.78 is 6.00. The van der Waals surface area contributed by atoms with E-state index in [1.165, 1.54) is 77.0 Å². The third-order valence-electron chi connectivity index (χ3n) is 8.58. The second-order valence-corrected chi connectivity index (χ2v) is 13.2. The fraction of sp³-hybridized carbons (Fsp3) is 0.780. The van der Waals surface area contributed by atoms with Gasteiger partial charge in [0.2, 0.25) is 5.91 Å². The molecule has 0 rings (SSSR count). The lowest BCUT2D eigenvalue weighted by Crippen LogP contribution is -2.28. The number of amides is 1. The van der Waals surface area contributed by atoms with Crippen molar-refractivity contribution >= 4 is 17.8 Å². The molecule has 272 valence electrons. The summed E-state index contributed by atoms with van der Waals surface area (Å²) in [5, 5.41) is 11.1. The topological polar surface area (TPSA) is 92.7 Å². The molecule has 1 unspecified atom stereocenters. The van der Waals surface area contributed by atoms with E-state index in [-0.39, 0.29) is 24.5 Å². The SMILES string of the molecule is CC/C=C\C/C=C\C/C=C\CCCCCCCC(=O)OC(CCCCCCCCCCCC)CCCCCCCC(=O)NCC(=O)O. The lowest BCUT2D eigenvalue weighted by atomic mass is 10.0. The van der Waals surface area contributed by atoms with Crippen LogP contribution in [0.3, 0.4) is 0 Å². The molecular weight excluding hydrogens is 586 g/mol. The Kier molecular flexibility index (Phi) is 34.6.